The number of carbonyl (C=O) groups excluding carboxylic acids is 7. The van der Waals surface area contributed by atoms with E-state index in [1.807, 2.05) is 0 Å². The second-order valence-electron chi connectivity index (χ2n) is 8.11. The molecule has 0 saturated heterocycles. The van der Waals surface area contributed by atoms with Crippen LogP contribution in [0, 0.1) is 11.3 Å². The van der Waals surface area contributed by atoms with E-state index < -0.39 is 17.5 Å². The Hall–Kier alpha value is -3.75. The van der Waals surface area contributed by atoms with Crippen molar-refractivity contribution in [1.29, 1.82) is 0 Å². The number of hydrogen-bond acceptors (Lipinski definition) is 9. The molecule has 0 aliphatic heterocycles. The Balaban J connectivity index is -0.000000209. The van der Waals surface area contributed by atoms with E-state index in [9.17, 15) is 33.6 Å². The van der Waals surface area contributed by atoms with Gasteiger partial charge in [-0.15, -0.1) is 19.7 Å². The number of hydrogen-bond donors (Lipinski definition) is 0. The Bertz CT molecular complexity index is 798. The van der Waals surface area contributed by atoms with Crippen LogP contribution in [0.4, 0.5) is 4.79 Å². The summed E-state index contributed by atoms with van der Waals surface area (Å²) in [4.78, 5) is 74.3. The fourth-order valence-corrected chi connectivity index (χ4v) is 2.72. The zero-order valence-corrected chi connectivity index (χ0v) is 23.9. The second kappa shape index (κ2) is 24.9. The first-order valence-corrected chi connectivity index (χ1v) is 11.7. The van der Waals surface area contributed by atoms with Gasteiger partial charge in [-0.3, -0.25) is 28.8 Å². The highest BCUT2D eigenvalue weighted by atomic mass is 16.7. The summed E-state index contributed by atoms with van der Waals surface area (Å²) in [6.45, 7) is 22.6. The molecule has 0 radical (unpaired) electrons. The molecule has 0 unspecified atom stereocenters. The fraction of sp³-hybridized carbons (Fsp3) is 0.483. The molecule has 0 saturated carbocycles. The summed E-state index contributed by atoms with van der Waals surface area (Å²) in [5, 5.41) is 0. The summed E-state index contributed by atoms with van der Waals surface area (Å²) in [5.41, 5.74) is -0.913. The molecule has 38 heavy (non-hydrogen) atoms. The number of carbonyl (C=O) groups is 7. The van der Waals surface area contributed by atoms with E-state index in [0.717, 1.165) is 0 Å². The summed E-state index contributed by atoms with van der Waals surface area (Å²) in [6.07, 6.45) is 6.92. The van der Waals surface area contributed by atoms with Gasteiger partial charge < -0.3 is 9.47 Å². The first-order chi connectivity index (χ1) is 17.5. The molecule has 0 bridgehead atoms. The zero-order chi connectivity index (χ0) is 30.9. The van der Waals surface area contributed by atoms with Gasteiger partial charge in [0.2, 0.25) is 0 Å². The molecule has 214 valence electrons. The highest BCUT2D eigenvalue weighted by Crippen LogP contribution is 2.30. The van der Waals surface area contributed by atoms with Crippen LogP contribution in [0.1, 0.15) is 67.2 Å². The van der Waals surface area contributed by atoms with Crippen LogP contribution < -0.4 is 0 Å². The number of Topliss-reactive ketones (excluding diaryl/α,β-unsaturated/α-hetero) is 6. The first kappa shape index (κ1) is 41.4. The maximum Gasteiger partial charge on any atom is 0.508 e. The molecule has 0 aromatic heterocycles. The van der Waals surface area contributed by atoms with Gasteiger partial charge in [0.25, 0.3) is 0 Å². The van der Waals surface area contributed by atoms with Crippen LogP contribution in [0.2, 0.25) is 0 Å². The van der Waals surface area contributed by atoms with Crippen molar-refractivity contribution in [2.24, 2.45) is 11.3 Å². The Labute approximate surface area is 227 Å². The monoisotopic (exact) mass is 536 g/mol. The van der Waals surface area contributed by atoms with Crippen molar-refractivity contribution in [3.8, 4) is 0 Å². The highest BCUT2D eigenvalue weighted by molar-refractivity contribution is 6.05. The fourth-order valence-electron chi connectivity index (χ4n) is 2.72. The van der Waals surface area contributed by atoms with Gasteiger partial charge in [0.1, 0.15) is 41.3 Å². The van der Waals surface area contributed by atoms with Crippen LogP contribution in [0.15, 0.2) is 50.6 Å². The average molecular weight is 537 g/mol. The normalized spacial score (nSPS) is 9.26. The van der Waals surface area contributed by atoms with E-state index >= 15 is 0 Å². The summed E-state index contributed by atoms with van der Waals surface area (Å²) in [7, 11) is 1.26. The quantitative estimate of drug-likeness (QED) is 0.167. The largest absolute Gasteiger partial charge is 0.508 e. The summed E-state index contributed by atoms with van der Waals surface area (Å²) >= 11 is 0. The van der Waals surface area contributed by atoms with Gasteiger partial charge >= 0.3 is 6.16 Å². The predicted octanol–water partition coefficient (Wildman–Crippen LogP) is 5.17. The standard InChI is InChI=1S/C11H16O2.C8H12O2.C5H8O3.C5H8O2/c1-5-7-11(8-6-2,9(3)12)10(4)13;1-4-5-8(6(2)9)7(3)10;1-3-4-8-5(6)7-2;1-4(6)3-5(2)7/h5-6H,1-2,7-8H2,3-4H3;4,8H,1,5H2,2-3H3;3H,1,4H2,2H3;3H2,1-2H3. The molecule has 0 spiro atoms. The van der Waals surface area contributed by atoms with Crippen molar-refractivity contribution < 1.29 is 43.0 Å². The highest BCUT2D eigenvalue weighted by Gasteiger charge is 2.37. The molecule has 0 aliphatic rings. The van der Waals surface area contributed by atoms with Gasteiger partial charge in [-0.05, 0) is 60.8 Å². The number of allylic oxidation sites excluding steroid dienone is 3. The third kappa shape index (κ3) is 22.7. The van der Waals surface area contributed by atoms with Crippen molar-refractivity contribution in [2.45, 2.75) is 67.2 Å². The minimum atomic E-state index is -0.913. The molecule has 9 heteroatoms. The van der Waals surface area contributed by atoms with Crippen LogP contribution >= 0.6 is 0 Å². The number of ketones is 6. The maximum atomic E-state index is 11.4. The van der Waals surface area contributed by atoms with Crippen LogP contribution in [0.3, 0.4) is 0 Å². The number of rotatable bonds is 14. The minimum Gasteiger partial charge on any atom is -0.438 e. The van der Waals surface area contributed by atoms with Gasteiger partial charge in [0.05, 0.1) is 24.9 Å². The van der Waals surface area contributed by atoms with Gasteiger partial charge in [-0.1, -0.05) is 30.9 Å². The van der Waals surface area contributed by atoms with Gasteiger partial charge in [-0.2, -0.15) is 0 Å². The molecule has 0 aromatic carbocycles. The zero-order valence-electron chi connectivity index (χ0n) is 23.9. The van der Waals surface area contributed by atoms with E-state index in [2.05, 4.69) is 35.8 Å². The molecular formula is C29H44O9. The minimum absolute atomic E-state index is 0.0625. The number of methoxy groups -OCH3 is 1. The topological polar surface area (TPSA) is 138 Å². The molecule has 0 aliphatic carbocycles. The Morgan fingerprint density at radius 2 is 1.08 bits per heavy atom. The van der Waals surface area contributed by atoms with Crippen LogP contribution in [-0.4, -0.2) is 54.6 Å². The molecule has 0 rings (SSSR count). The SMILES string of the molecule is C=CCC(C(C)=O)C(C)=O.C=CCC(CC=C)(C(C)=O)C(C)=O.C=CCOC(=O)OC.CC(=O)CC(C)=O. The van der Waals surface area contributed by atoms with E-state index in [1.54, 1.807) is 18.2 Å². The number of ether oxygens (including phenoxy) is 2. The Morgan fingerprint density at radius 1 is 0.684 bits per heavy atom. The Kier molecular flexibility index (Phi) is 27.1. The van der Waals surface area contributed by atoms with Gasteiger partial charge in [0.15, 0.2) is 0 Å². The van der Waals surface area contributed by atoms with E-state index in [0.29, 0.717) is 19.3 Å². The predicted molar refractivity (Wildman–Crippen MR) is 148 cm³/mol. The lowest BCUT2D eigenvalue weighted by Crippen LogP contribution is -2.35. The van der Waals surface area contributed by atoms with Gasteiger partial charge in [0, 0.05) is 0 Å². The lowest BCUT2D eigenvalue weighted by Gasteiger charge is -2.25. The lowest BCUT2D eigenvalue weighted by atomic mass is 9.74. The molecule has 0 amide bonds. The van der Waals surface area contributed by atoms with Crippen molar-refractivity contribution in [3.05, 3.63) is 50.6 Å². The van der Waals surface area contributed by atoms with Crippen LogP contribution in [0.25, 0.3) is 0 Å². The molecule has 0 heterocycles. The molecular weight excluding hydrogens is 492 g/mol. The van der Waals surface area contributed by atoms with Crippen LogP contribution in [-0.2, 0) is 38.2 Å². The summed E-state index contributed by atoms with van der Waals surface area (Å²) in [5.74, 6) is -0.961. The smallest absolute Gasteiger partial charge is 0.438 e. The Morgan fingerprint density at radius 3 is 1.24 bits per heavy atom. The van der Waals surface area contributed by atoms with Crippen molar-refractivity contribution in [2.75, 3.05) is 13.7 Å². The average Bonchev–Trinajstić information content (AvgIpc) is 2.80. The summed E-state index contributed by atoms with van der Waals surface area (Å²) in [6, 6.07) is 0. The second-order valence-corrected chi connectivity index (χ2v) is 8.11. The van der Waals surface area contributed by atoms with Crippen molar-refractivity contribution in [3.63, 3.8) is 0 Å². The summed E-state index contributed by atoms with van der Waals surface area (Å²) < 4.78 is 8.50. The lowest BCUT2D eigenvalue weighted by molar-refractivity contribution is -0.138. The van der Waals surface area contributed by atoms with Crippen molar-refractivity contribution in [1.82, 2.24) is 0 Å². The molecule has 0 fully saturated rings. The molecule has 9 nitrogen and oxygen atoms in total. The molecule has 0 N–H and O–H groups in total. The van der Waals surface area contributed by atoms with E-state index in [-0.39, 0.29) is 47.7 Å². The first-order valence-electron chi connectivity index (χ1n) is 11.7. The third-order valence-corrected chi connectivity index (χ3v) is 4.70. The molecule has 0 aromatic rings. The van der Waals surface area contributed by atoms with Gasteiger partial charge in [-0.25, -0.2) is 4.79 Å². The third-order valence-electron chi connectivity index (χ3n) is 4.70. The van der Waals surface area contributed by atoms with Crippen LogP contribution in [0.5, 0.6) is 0 Å². The molecule has 0 atom stereocenters. The maximum absolute atomic E-state index is 11.4. The van der Waals surface area contributed by atoms with E-state index in [1.165, 1.54) is 54.7 Å². The van der Waals surface area contributed by atoms with E-state index in [4.69, 9.17) is 0 Å². The van der Waals surface area contributed by atoms with Crippen molar-refractivity contribution >= 4 is 40.9 Å².